The quantitative estimate of drug-likeness (QED) is 0.504. The van der Waals surface area contributed by atoms with Gasteiger partial charge >= 0.3 is 0 Å². The summed E-state index contributed by atoms with van der Waals surface area (Å²) in [5.41, 5.74) is 1.89. The number of imidazole rings is 1. The largest absolute Gasteiger partial charge is 0.494 e. The molecule has 1 N–H and O–H groups in total. The van der Waals surface area contributed by atoms with Crippen LogP contribution in [0.5, 0.6) is 5.75 Å². The van der Waals surface area contributed by atoms with Crippen molar-refractivity contribution in [3.63, 3.8) is 0 Å². The predicted octanol–water partition coefficient (Wildman–Crippen LogP) is 4.26. The van der Waals surface area contributed by atoms with Crippen LogP contribution >= 0.6 is 0 Å². The molecule has 1 heterocycles. The molecule has 0 saturated heterocycles. The molecule has 0 spiro atoms. The number of carbonyl (C=O) groups excluding carboxylic acids is 1. The summed E-state index contributed by atoms with van der Waals surface area (Å²) in [5.74, 6) is 1.35. The standard InChI is InChI=1S/C22H27N3O3/c1-2-27-16-9-15-25-20-13-7-6-12-19(20)23-22(25)24-21(26)14-8-17-28-18-10-4-3-5-11-18/h3-7,10-13H,2,8-9,14-17H2,1H3,(H,23,24,26). The number of fused-ring (bicyclic) bond motifs is 1. The molecule has 6 nitrogen and oxygen atoms in total. The van der Waals surface area contributed by atoms with E-state index in [1.165, 1.54) is 0 Å². The van der Waals surface area contributed by atoms with Crippen LogP contribution in [0.3, 0.4) is 0 Å². The fourth-order valence-corrected chi connectivity index (χ4v) is 2.99. The molecule has 28 heavy (non-hydrogen) atoms. The second-order valence-corrected chi connectivity index (χ2v) is 6.44. The number of carbonyl (C=O) groups is 1. The van der Waals surface area contributed by atoms with E-state index in [-0.39, 0.29) is 5.91 Å². The molecule has 1 aromatic heterocycles. The Kier molecular flexibility index (Phi) is 7.44. The highest BCUT2D eigenvalue weighted by Crippen LogP contribution is 2.20. The van der Waals surface area contributed by atoms with E-state index in [1.807, 2.05) is 66.1 Å². The number of aromatic nitrogens is 2. The highest BCUT2D eigenvalue weighted by Gasteiger charge is 2.13. The van der Waals surface area contributed by atoms with Crippen molar-refractivity contribution >= 4 is 22.9 Å². The third-order valence-electron chi connectivity index (χ3n) is 4.34. The van der Waals surface area contributed by atoms with E-state index in [1.54, 1.807) is 0 Å². The van der Waals surface area contributed by atoms with Gasteiger partial charge in [0.05, 0.1) is 17.6 Å². The minimum Gasteiger partial charge on any atom is -0.494 e. The fourth-order valence-electron chi connectivity index (χ4n) is 2.99. The molecule has 0 bridgehead atoms. The second kappa shape index (κ2) is 10.5. The Morgan fingerprint density at radius 1 is 1.04 bits per heavy atom. The van der Waals surface area contributed by atoms with Crippen LogP contribution in [-0.2, 0) is 16.1 Å². The zero-order valence-electron chi connectivity index (χ0n) is 16.3. The number of benzene rings is 2. The number of amides is 1. The maximum atomic E-state index is 12.4. The van der Waals surface area contributed by atoms with Crippen molar-refractivity contribution < 1.29 is 14.3 Å². The van der Waals surface area contributed by atoms with Crippen LogP contribution in [0.25, 0.3) is 11.0 Å². The molecule has 0 unspecified atom stereocenters. The topological polar surface area (TPSA) is 65.4 Å². The first-order valence-electron chi connectivity index (χ1n) is 9.78. The van der Waals surface area contributed by atoms with Crippen molar-refractivity contribution in [2.24, 2.45) is 0 Å². The summed E-state index contributed by atoms with van der Waals surface area (Å²) in [5, 5.41) is 2.96. The monoisotopic (exact) mass is 381 g/mol. The number of para-hydroxylation sites is 3. The summed E-state index contributed by atoms with van der Waals surface area (Å²) < 4.78 is 13.1. The summed E-state index contributed by atoms with van der Waals surface area (Å²) in [6.45, 7) is 4.63. The summed E-state index contributed by atoms with van der Waals surface area (Å²) in [7, 11) is 0. The molecule has 0 radical (unpaired) electrons. The van der Waals surface area contributed by atoms with E-state index in [2.05, 4.69) is 10.3 Å². The van der Waals surface area contributed by atoms with Gasteiger partial charge in [-0.2, -0.15) is 0 Å². The Balaban J connectivity index is 1.55. The SMILES string of the molecule is CCOCCCn1c(NC(=O)CCCOc2ccccc2)nc2ccccc21. The Hall–Kier alpha value is -2.86. The van der Waals surface area contributed by atoms with E-state index in [9.17, 15) is 4.79 Å². The average molecular weight is 381 g/mol. The van der Waals surface area contributed by atoms with E-state index in [0.717, 1.165) is 29.7 Å². The lowest BCUT2D eigenvalue weighted by molar-refractivity contribution is -0.116. The van der Waals surface area contributed by atoms with Crippen molar-refractivity contribution in [1.29, 1.82) is 0 Å². The lowest BCUT2D eigenvalue weighted by atomic mass is 10.3. The van der Waals surface area contributed by atoms with Gasteiger partial charge in [0, 0.05) is 26.2 Å². The maximum Gasteiger partial charge on any atom is 0.226 e. The number of anilines is 1. The van der Waals surface area contributed by atoms with Crippen LogP contribution in [0.4, 0.5) is 5.95 Å². The first kappa shape index (κ1) is 19.9. The smallest absolute Gasteiger partial charge is 0.226 e. The summed E-state index contributed by atoms with van der Waals surface area (Å²) >= 11 is 0. The second-order valence-electron chi connectivity index (χ2n) is 6.44. The zero-order valence-corrected chi connectivity index (χ0v) is 16.3. The molecule has 0 aliphatic rings. The molecule has 148 valence electrons. The van der Waals surface area contributed by atoms with Crippen molar-refractivity contribution in [3.8, 4) is 5.75 Å². The van der Waals surface area contributed by atoms with Crippen LogP contribution in [0, 0.1) is 0 Å². The van der Waals surface area contributed by atoms with Crippen molar-refractivity contribution in [2.75, 3.05) is 25.1 Å². The summed E-state index contributed by atoms with van der Waals surface area (Å²) in [4.78, 5) is 17.0. The minimum atomic E-state index is -0.0574. The third kappa shape index (κ3) is 5.57. The summed E-state index contributed by atoms with van der Waals surface area (Å²) in [6, 6.07) is 17.5. The first-order valence-corrected chi connectivity index (χ1v) is 9.78. The molecule has 0 fully saturated rings. The van der Waals surface area contributed by atoms with Crippen molar-refractivity contribution in [2.45, 2.75) is 32.7 Å². The molecule has 3 rings (SSSR count). The van der Waals surface area contributed by atoms with Gasteiger partial charge in [-0.1, -0.05) is 30.3 Å². The molecule has 6 heteroatoms. The third-order valence-corrected chi connectivity index (χ3v) is 4.34. The van der Waals surface area contributed by atoms with Gasteiger partial charge < -0.3 is 14.0 Å². The van der Waals surface area contributed by atoms with Gasteiger partial charge in [-0.15, -0.1) is 0 Å². The van der Waals surface area contributed by atoms with Gasteiger partial charge in [-0.05, 0) is 44.0 Å². The van der Waals surface area contributed by atoms with Gasteiger partial charge in [0.1, 0.15) is 5.75 Å². The summed E-state index contributed by atoms with van der Waals surface area (Å²) in [6.07, 6.45) is 1.89. The number of hydrogen-bond donors (Lipinski definition) is 1. The molecule has 2 aromatic carbocycles. The van der Waals surface area contributed by atoms with Crippen LogP contribution in [0.1, 0.15) is 26.2 Å². The first-order chi connectivity index (χ1) is 13.8. The number of nitrogens with zero attached hydrogens (tertiary/aromatic N) is 2. The molecule has 0 aliphatic carbocycles. The fraction of sp³-hybridized carbons (Fsp3) is 0.364. The number of nitrogens with one attached hydrogen (secondary N) is 1. The van der Waals surface area contributed by atoms with Gasteiger partial charge in [0.15, 0.2) is 0 Å². The van der Waals surface area contributed by atoms with Gasteiger partial charge in [0.2, 0.25) is 11.9 Å². The van der Waals surface area contributed by atoms with E-state index in [0.29, 0.717) is 38.6 Å². The molecule has 1 amide bonds. The number of aryl methyl sites for hydroxylation is 1. The highest BCUT2D eigenvalue weighted by molar-refractivity contribution is 5.91. The van der Waals surface area contributed by atoms with E-state index < -0.39 is 0 Å². The highest BCUT2D eigenvalue weighted by atomic mass is 16.5. The zero-order chi connectivity index (χ0) is 19.6. The Morgan fingerprint density at radius 3 is 2.64 bits per heavy atom. The average Bonchev–Trinajstić information content (AvgIpc) is 3.06. The lowest BCUT2D eigenvalue weighted by Crippen LogP contribution is -2.17. The molecular formula is C22H27N3O3. The number of ether oxygens (including phenoxy) is 2. The van der Waals surface area contributed by atoms with Gasteiger partial charge in [0.25, 0.3) is 0 Å². The molecule has 0 saturated carbocycles. The van der Waals surface area contributed by atoms with Gasteiger partial charge in [-0.25, -0.2) is 4.98 Å². The normalized spacial score (nSPS) is 10.9. The Morgan fingerprint density at radius 2 is 1.82 bits per heavy atom. The van der Waals surface area contributed by atoms with E-state index >= 15 is 0 Å². The molecule has 0 aliphatic heterocycles. The van der Waals surface area contributed by atoms with Crippen LogP contribution in [-0.4, -0.2) is 35.3 Å². The van der Waals surface area contributed by atoms with Crippen molar-refractivity contribution in [1.82, 2.24) is 9.55 Å². The predicted molar refractivity (Wildman–Crippen MR) is 111 cm³/mol. The molecule has 3 aromatic rings. The van der Waals surface area contributed by atoms with Crippen molar-refractivity contribution in [3.05, 3.63) is 54.6 Å². The Bertz CT molecular complexity index is 877. The van der Waals surface area contributed by atoms with Crippen LogP contribution in [0.2, 0.25) is 0 Å². The lowest BCUT2D eigenvalue weighted by Gasteiger charge is -2.10. The number of hydrogen-bond acceptors (Lipinski definition) is 4. The van der Waals surface area contributed by atoms with Gasteiger partial charge in [-0.3, -0.25) is 10.1 Å². The van der Waals surface area contributed by atoms with E-state index in [4.69, 9.17) is 9.47 Å². The minimum absolute atomic E-state index is 0.0574. The number of rotatable bonds is 11. The molecule has 0 atom stereocenters. The van der Waals surface area contributed by atoms with Crippen LogP contribution in [0.15, 0.2) is 54.6 Å². The Labute approximate surface area is 165 Å². The van der Waals surface area contributed by atoms with Crippen LogP contribution < -0.4 is 10.1 Å². The molecular weight excluding hydrogens is 354 g/mol. The maximum absolute atomic E-state index is 12.4.